The summed E-state index contributed by atoms with van der Waals surface area (Å²) in [6.45, 7) is 14.6. The zero-order valence-electron chi connectivity index (χ0n) is 20.6. The number of hydrogen-bond donors (Lipinski definition) is 0. The van der Waals surface area contributed by atoms with E-state index in [0.717, 1.165) is 0 Å². The molecule has 0 bridgehead atoms. The molecule has 180 valence electrons. The number of ketones is 3. The highest BCUT2D eigenvalue weighted by atomic mass is 16.6. The van der Waals surface area contributed by atoms with Crippen molar-refractivity contribution in [1.82, 2.24) is 0 Å². The largest absolute Gasteiger partial charge is 0.468 e. The fraction of sp³-hybridized carbons (Fsp3) is 0.731. The zero-order valence-corrected chi connectivity index (χ0v) is 20.6. The van der Waals surface area contributed by atoms with Crippen LogP contribution in [0.25, 0.3) is 0 Å². The molecular formula is C26H34O7. The van der Waals surface area contributed by atoms with Gasteiger partial charge in [-0.25, -0.2) is 0 Å². The predicted octanol–water partition coefficient (Wildman–Crippen LogP) is 3.23. The Bertz CT molecular complexity index is 1020. The van der Waals surface area contributed by atoms with E-state index in [2.05, 4.69) is 6.58 Å². The Labute approximate surface area is 194 Å². The fourth-order valence-electron chi connectivity index (χ4n) is 8.59. The van der Waals surface area contributed by atoms with E-state index in [0.29, 0.717) is 24.8 Å². The van der Waals surface area contributed by atoms with Gasteiger partial charge in [-0.3, -0.25) is 24.0 Å². The first-order valence-corrected chi connectivity index (χ1v) is 11.7. The van der Waals surface area contributed by atoms with Crippen LogP contribution in [0.2, 0.25) is 0 Å². The molecule has 1 heterocycles. The Hall–Kier alpha value is -2.31. The highest BCUT2D eigenvalue weighted by molar-refractivity contribution is 6.15. The van der Waals surface area contributed by atoms with E-state index < -0.39 is 56.8 Å². The standard InChI is InChI=1S/C26H34O7/c1-13-11-16-23(5)10-9-17(28)22(3,4)18(23)15(27)12-24(16,6)26(21(31)32-8)19(29)14(2)33-20(30)25(13,26)7/h14,16,18H,1,9-12H2,2-8H3/t14-,16+,18-,23+,24+,25+,26-/m1/s1. The number of carbonyl (C=O) groups excluding carboxylic acids is 5. The number of cyclic esters (lactones) is 1. The molecule has 0 spiro atoms. The van der Waals surface area contributed by atoms with Gasteiger partial charge in [0.25, 0.3) is 0 Å². The number of rotatable bonds is 1. The summed E-state index contributed by atoms with van der Waals surface area (Å²) in [4.78, 5) is 67.8. The molecule has 3 saturated carbocycles. The van der Waals surface area contributed by atoms with Gasteiger partial charge in [0.05, 0.1) is 7.11 Å². The van der Waals surface area contributed by atoms with E-state index in [1.807, 2.05) is 20.8 Å². The Kier molecular flexibility index (Phi) is 4.79. The van der Waals surface area contributed by atoms with Gasteiger partial charge in [-0.05, 0) is 38.0 Å². The topological polar surface area (TPSA) is 104 Å². The second-order valence-electron chi connectivity index (χ2n) is 11.8. The van der Waals surface area contributed by atoms with Crippen molar-refractivity contribution in [1.29, 1.82) is 0 Å². The van der Waals surface area contributed by atoms with Gasteiger partial charge in [-0.2, -0.15) is 0 Å². The van der Waals surface area contributed by atoms with Crippen molar-refractivity contribution in [2.24, 2.45) is 38.9 Å². The summed E-state index contributed by atoms with van der Waals surface area (Å²) in [5, 5.41) is 0. The minimum Gasteiger partial charge on any atom is -0.468 e. The van der Waals surface area contributed by atoms with Gasteiger partial charge in [0.2, 0.25) is 0 Å². The molecule has 7 atom stereocenters. The van der Waals surface area contributed by atoms with Gasteiger partial charge in [0.15, 0.2) is 17.3 Å². The van der Waals surface area contributed by atoms with Crippen molar-refractivity contribution in [2.75, 3.05) is 7.11 Å². The van der Waals surface area contributed by atoms with Gasteiger partial charge in [0.1, 0.15) is 17.0 Å². The molecule has 4 fully saturated rings. The Morgan fingerprint density at radius 3 is 2.27 bits per heavy atom. The van der Waals surface area contributed by atoms with Gasteiger partial charge >= 0.3 is 11.9 Å². The molecule has 4 rings (SSSR count). The van der Waals surface area contributed by atoms with Crippen molar-refractivity contribution >= 4 is 29.3 Å². The average Bonchev–Trinajstić information content (AvgIpc) is 2.71. The summed E-state index contributed by atoms with van der Waals surface area (Å²) in [7, 11) is 1.20. The van der Waals surface area contributed by atoms with Gasteiger partial charge in [0, 0.05) is 29.6 Å². The van der Waals surface area contributed by atoms with Crippen LogP contribution in [0.3, 0.4) is 0 Å². The maximum Gasteiger partial charge on any atom is 0.321 e. The van der Waals surface area contributed by atoms with E-state index >= 15 is 0 Å². The molecule has 7 nitrogen and oxygen atoms in total. The first-order chi connectivity index (χ1) is 15.1. The smallest absolute Gasteiger partial charge is 0.321 e. The van der Waals surface area contributed by atoms with Crippen molar-refractivity contribution in [3.05, 3.63) is 12.2 Å². The van der Waals surface area contributed by atoms with E-state index in [1.165, 1.54) is 21.0 Å². The third kappa shape index (κ3) is 2.34. The highest BCUT2D eigenvalue weighted by Gasteiger charge is 2.82. The number of carbonyl (C=O) groups is 5. The molecular weight excluding hydrogens is 424 g/mol. The maximum atomic E-state index is 14.0. The van der Waals surface area contributed by atoms with Crippen LogP contribution >= 0.6 is 0 Å². The maximum absolute atomic E-state index is 14.0. The summed E-state index contributed by atoms with van der Waals surface area (Å²) >= 11 is 0. The quantitative estimate of drug-likeness (QED) is 0.337. The van der Waals surface area contributed by atoms with Crippen molar-refractivity contribution in [3.8, 4) is 0 Å². The predicted molar refractivity (Wildman–Crippen MR) is 118 cm³/mol. The first kappa shape index (κ1) is 23.8. The van der Waals surface area contributed by atoms with Crippen LogP contribution in [-0.4, -0.2) is 42.5 Å². The minimum absolute atomic E-state index is 0.0510. The van der Waals surface area contributed by atoms with E-state index in [-0.39, 0.29) is 23.9 Å². The fourth-order valence-corrected chi connectivity index (χ4v) is 8.59. The number of esters is 2. The highest BCUT2D eigenvalue weighted by Crippen LogP contribution is 2.75. The summed E-state index contributed by atoms with van der Waals surface area (Å²) in [5.74, 6) is -3.04. The molecule has 1 saturated heterocycles. The van der Waals surface area contributed by atoms with Crippen LogP contribution in [0.4, 0.5) is 0 Å². The molecule has 1 aliphatic heterocycles. The molecule has 0 unspecified atom stereocenters. The third-order valence-corrected chi connectivity index (χ3v) is 10.1. The molecule has 0 aromatic carbocycles. The SMILES string of the molecule is C=C1C[C@H]2[C@]3(C)CCC(=O)C(C)(C)[C@H]3C(=O)C[C@]2(C)[C@]2(C(=O)OC)C(=O)[C@@H](C)OC(=O)[C@]12C. The summed E-state index contributed by atoms with van der Waals surface area (Å²) in [5.41, 5.74) is -5.88. The molecule has 0 radical (unpaired) electrons. The molecule has 0 N–H and O–H groups in total. The number of Topliss-reactive ketones (excluding diaryl/α,β-unsaturated/α-hetero) is 3. The van der Waals surface area contributed by atoms with Crippen LogP contribution in [0.5, 0.6) is 0 Å². The van der Waals surface area contributed by atoms with Crippen LogP contribution in [0, 0.1) is 38.9 Å². The third-order valence-electron chi connectivity index (χ3n) is 10.1. The van der Waals surface area contributed by atoms with Crippen LogP contribution in [0.15, 0.2) is 12.2 Å². The van der Waals surface area contributed by atoms with Crippen LogP contribution in [0.1, 0.15) is 67.2 Å². The summed E-state index contributed by atoms with van der Waals surface area (Å²) < 4.78 is 10.6. The average molecular weight is 459 g/mol. The van der Waals surface area contributed by atoms with Crippen molar-refractivity contribution < 1.29 is 33.4 Å². The van der Waals surface area contributed by atoms with E-state index in [4.69, 9.17) is 9.47 Å². The number of hydrogen-bond acceptors (Lipinski definition) is 7. The number of fused-ring (bicyclic) bond motifs is 5. The molecule has 0 amide bonds. The lowest BCUT2D eigenvalue weighted by Crippen LogP contribution is -2.77. The second kappa shape index (κ2) is 6.63. The van der Waals surface area contributed by atoms with Crippen LogP contribution < -0.4 is 0 Å². The van der Waals surface area contributed by atoms with Crippen LogP contribution in [-0.2, 0) is 33.4 Å². The monoisotopic (exact) mass is 458 g/mol. The number of ether oxygens (including phenoxy) is 2. The first-order valence-electron chi connectivity index (χ1n) is 11.7. The van der Waals surface area contributed by atoms with Gasteiger partial charge in [-0.15, -0.1) is 0 Å². The Balaban J connectivity index is 2.06. The lowest BCUT2D eigenvalue weighted by molar-refractivity contribution is -0.237. The van der Waals surface area contributed by atoms with Gasteiger partial charge < -0.3 is 9.47 Å². The van der Waals surface area contributed by atoms with Crippen molar-refractivity contribution in [2.45, 2.75) is 73.3 Å². The molecule has 0 aromatic rings. The number of methoxy groups -OCH3 is 1. The lowest BCUT2D eigenvalue weighted by Gasteiger charge is -2.70. The van der Waals surface area contributed by atoms with Gasteiger partial charge in [-0.1, -0.05) is 39.8 Å². The zero-order chi connectivity index (χ0) is 24.9. The molecule has 7 heteroatoms. The normalized spacial score (nSPS) is 46.6. The molecule has 3 aliphatic carbocycles. The molecule has 33 heavy (non-hydrogen) atoms. The van der Waals surface area contributed by atoms with Crippen molar-refractivity contribution in [3.63, 3.8) is 0 Å². The Morgan fingerprint density at radius 1 is 1.09 bits per heavy atom. The summed E-state index contributed by atoms with van der Waals surface area (Å²) in [6.07, 6.45) is -0.105. The molecule has 4 aliphatic rings. The second-order valence-corrected chi connectivity index (χ2v) is 11.8. The lowest BCUT2D eigenvalue weighted by atomic mass is 9.31. The molecule has 0 aromatic heterocycles. The Morgan fingerprint density at radius 2 is 1.70 bits per heavy atom. The minimum atomic E-state index is -1.95. The van der Waals surface area contributed by atoms with E-state index in [9.17, 15) is 24.0 Å². The van der Waals surface area contributed by atoms with E-state index in [1.54, 1.807) is 6.92 Å². The summed E-state index contributed by atoms with van der Waals surface area (Å²) in [6, 6.07) is 0.